The predicted octanol–water partition coefficient (Wildman–Crippen LogP) is -0.128. The van der Waals surface area contributed by atoms with Crippen molar-refractivity contribution >= 4 is 25.8 Å². The molecule has 2 aromatic rings. The molecule has 2 aromatic carbocycles. The van der Waals surface area contributed by atoms with Crippen molar-refractivity contribution in [3.63, 3.8) is 0 Å². The van der Waals surface area contributed by atoms with Gasteiger partial charge in [0.1, 0.15) is 0 Å². The molecular weight excluding hydrogens is 342 g/mol. The molecular formula is C16H10ClIn. The van der Waals surface area contributed by atoms with Crippen molar-refractivity contribution < 1.29 is 12.4 Å². The van der Waals surface area contributed by atoms with Crippen molar-refractivity contribution in [1.29, 1.82) is 0 Å². The third-order valence-electron chi connectivity index (χ3n) is 1.84. The summed E-state index contributed by atoms with van der Waals surface area (Å²) in [6.07, 6.45) is 13.4. The Morgan fingerprint density at radius 3 is 1.06 bits per heavy atom. The maximum absolute atomic E-state index is 6.69. The minimum absolute atomic E-state index is 0. The van der Waals surface area contributed by atoms with E-state index >= 15 is 0 Å². The molecule has 0 aromatic heterocycles. The van der Waals surface area contributed by atoms with E-state index in [1.807, 2.05) is 60.7 Å². The molecule has 84 valence electrons. The van der Waals surface area contributed by atoms with Crippen LogP contribution in [0.3, 0.4) is 0 Å². The van der Waals surface area contributed by atoms with Gasteiger partial charge in [0.05, 0.1) is 0 Å². The molecule has 0 saturated heterocycles. The molecule has 0 spiro atoms. The van der Waals surface area contributed by atoms with E-state index in [2.05, 4.69) is 11.8 Å². The topological polar surface area (TPSA) is 0 Å². The van der Waals surface area contributed by atoms with Gasteiger partial charge in [-0.05, 0) is 37.1 Å². The Labute approximate surface area is 134 Å². The van der Waals surface area contributed by atoms with Crippen LogP contribution in [0.5, 0.6) is 0 Å². The summed E-state index contributed by atoms with van der Waals surface area (Å²) in [7, 11) is 0. The fraction of sp³-hybridized carbons (Fsp3) is 0. The standard InChI is InChI=1S/2C8H5.ClH.In/c2*1-2-8-6-4-3-5-7-8;;/h2*3-7H;1H;/q;;;+1/p-1. The van der Waals surface area contributed by atoms with Crippen LogP contribution in [0.4, 0.5) is 0 Å². The minimum Gasteiger partial charge on any atom is -1.00 e. The second-order valence-corrected chi connectivity index (χ2v) is 2.98. The summed E-state index contributed by atoms with van der Waals surface area (Å²) < 4.78 is 0. The van der Waals surface area contributed by atoms with Crippen LogP contribution in [-0.4, -0.2) is 25.8 Å². The maximum atomic E-state index is 6.69. The Bertz CT molecular complexity index is 443. The Kier molecular flexibility index (Phi) is 12.9. The van der Waals surface area contributed by atoms with Crippen molar-refractivity contribution in [2.24, 2.45) is 0 Å². The number of hydrogen-bond donors (Lipinski definition) is 0. The number of halogens is 1. The van der Waals surface area contributed by atoms with Gasteiger partial charge in [0.15, 0.2) is 0 Å². The zero-order chi connectivity index (χ0) is 11.6. The van der Waals surface area contributed by atoms with Crippen LogP contribution in [-0.2, 0) is 0 Å². The molecule has 0 aliphatic heterocycles. The van der Waals surface area contributed by atoms with Crippen molar-refractivity contribution in [2.45, 2.75) is 0 Å². The van der Waals surface area contributed by atoms with Crippen LogP contribution in [0, 0.1) is 24.7 Å². The number of hydrogen-bond acceptors (Lipinski definition) is 0. The molecule has 4 radical (unpaired) electrons. The van der Waals surface area contributed by atoms with E-state index in [1.54, 1.807) is 0 Å². The Morgan fingerprint density at radius 1 is 0.611 bits per heavy atom. The van der Waals surface area contributed by atoms with Gasteiger partial charge < -0.3 is 12.4 Å². The zero-order valence-corrected chi connectivity index (χ0v) is 13.8. The van der Waals surface area contributed by atoms with Gasteiger partial charge in [0, 0.05) is 11.1 Å². The largest absolute Gasteiger partial charge is 1.00 e. The molecule has 0 fully saturated rings. The van der Waals surface area contributed by atoms with Gasteiger partial charge in [-0.25, -0.2) is 0 Å². The van der Waals surface area contributed by atoms with Gasteiger partial charge in [0.25, 0.3) is 0 Å². The van der Waals surface area contributed by atoms with Gasteiger partial charge in [-0.3, -0.25) is 0 Å². The van der Waals surface area contributed by atoms with Gasteiger partial charge >= 0.3 is 25.8 Å². The van der Waals surface area contributed by atoms with Crippen molar-refractivity contribution in [3.8, 4) is 11.8 Å². The van der Waals surface area contributed by atoms with Crippen LogP contribution in [0.1, 0.15) is 11.1 Å². The van der Waals surface area contributed by atoms with Crippen LogP contribution in [0.25, 0.3) is 0 Å². The molecule has 2 rings (SSSR count). The van der Waals surface area contributed by atoms with Crippen molar-refractivity contribution in [2.75, 3.05) is 0 Å². The first-order valence-corrected chi connectivity index (χ1v) is 4.82. The first-order valence-electron chi connectivity index (χ1n) is 4.82. The van der Waals surface area contributed by atoms with E-state index in [0.717, 1.165) is 11.1 Å². The average Bonchev–Trinajstić information content (AvgIpc) is 2.41. The van der Waals surface area contributed by atoms with E-state index in [-0.39, 0.29) is 38.3 Å². The van der Waals surface area contributed by atoms with Crippen LogP contribution in [0.15, 0.2) is 60.7 Å². The third kappa shape index (κ3) is 7.91. The predicted molar refractivity (Wildman–Crippen MR) is 71.1 cm³/mol. The molecule has 0 N–H and O–H groups in total. The Balaban J connectivity index is 0. The van der Waals surface area contributed by atoms with E-state index in [0.29, 0.717) is 0 Å². The number of rotatable bonds is 0. The van der Waals surface area contributed by atoms with Crippen LogP contribution >= 0.6 is 0 Å². The average molecular weight is 353 g/mol. The molecule has 0 unspecified atom stereocenters. The summed E-state index contributed by atoms with van der Waals surface area (Å²) in [6.45, 7) is 0. The molecule has 0 aliphatic rings. The molecule has 0 bridgehead atoms. The Hall–Kier alpha value is -1.28. The van der Waals surface area contributed by atoms with Gasteiger partial charge in [-0.1, -0.05) is 48.2 Å². The van der Waals surface area contributed by atoms with Gasteiger partial charge in [-0.15, -0.1) is 0 Å². The van der Waals surface area contributed by atoms with Crippen LogP contribution < -0.4 is 12.4 Å². The van der Waals surface area contributed by atoms with E-state index in [9.17, 15) is 0 Å². The summed E-state index contributed by atoms with van der Waals surface area (Å²) in [5, 5.41) is 0. The molecule has 0 saturated carbocycles. The maximum Gasteiger partial charge on any atom is 1.00 e. The SMILES string of the molecule is [C]#Cc1ccccc1.[C]#Cc1ccccc1.[Cl-].[In+]. The van der Waals surface area contributed by atoms with E-state index in [4.69, 9.17) is 12.8 Å². The van der Waals surface area contributed by atoms with Gasteiger partial charge in [0.2, 0.25) is 0 Å². The summed E-state index contributed by atoms with van der Waals surface area (Å²) in [4.78, 5) is 0. The van der Waals surface area contributed by atoms with Crippen molar-refractivity contribution in [1.82, 2.24) is 0 Å². The molecule has 2 heteroatoms. The molecule has 18 heavy (non-hydrogen) atoms. The smallest absolute Gasteiger partial charge is 1.00 e. The first kappa shape index (κ1) is 19.1. The zero-order valence-electron chi connectivity index (χ0n) is 9.73. The fourth-order valence-corrected chi connectivity index (χ4v) is 1.04. The molecule has 0 amide bonds. The monoisotopic (exact) mass is 352 g/mol. The quantitative estimate of drug-likeness (QED) is 0.580. The third-order valence-corrected chi connectivity index (χ3v) is 1.84. The molecule has 0 nitrogen and oxygen atoms in total. The van der Waals surface area contributed by atoms with Gasteiger partial charge in [-0.2, -0.15) is 0 Å². The minimum atomic E-state index is 0. The molecule has 0 aliphatic carbocycles. The molecule has 0 atom stereocenters. The summed E-state index contributed by atoms with van der Waals surface area (Å²) >= 11 is 0. The van der Waals surface area contributed by atoms with Crippen molar-refractivity contribution in [3.05, 3.63) is 84.6 Å². The van der Waals surface area contributed by atoms with Crippen LogP contribution in [0.2, 0.25) is 0 Å². The normalized spacial score (nSPS) is 7.00. The fourth-order valence-electron chi connectivity index (χ4n) is 1.04. The molecule has 0 heterocycles. The second-order valence-electron chi connectivity index (χ2n) is 2.98. The number of benzene rings is 2. The second kappa shape index (κ2) is 12.2. The van der Waals surface area contributed by atoms with E-state index in [1.165, 1.54) is 0 Å². The first-order chi connectivity index (χ1) is 7.86. The van der Waals surface area contributed by atoms with E-state index < -0.39 is 0 Å². The summed E-state index contributed by atoms with van der Waals surface area (Å²) in [5.74, 6) is 4.55. The summed E-state index contributed by atoms with van der Waals surface area (Å²) in [5.41, 5.74) is 1.65. The summed E-state index contributed by atoms with van der Waals surface area (Å²) in [6, 6.07) is 18.7. The Morgan fingerprint density at radius 2 is 0.889 bits per heavy atom.